The fourth-order valence-electron chi connectivity index (χ4n) is 2.63. The maximum Gasteiger partial charge on any atom is 0.211 e. The third-order valence-electron chi connectivity index (χ3n) is 3.99. The minimum atomic E-state index is -3.84. The molecule has 0 bridgehead atoms. The molecular weight excluding hydrogens is 310 g/mol. The van der Waals surface area contributed by atoms with Gasteiger partial charge < -0.3 is 4.57 Å². The lowest BCUT2D eigenvalue weighted by atomic mass is 10.2. The van der Waals surface area contributed by atoms with Gasteiger partial charge in [-0.3, -0.25) is 4.79 Å². The van der Waals surface area contributed by atoms with Crippen molar-refractivity contribution in [2.75, 3.05) is 0 Å². The molecule has 0 spiro atoms. The topological polar surface area (TPSA) is 56.1 Å². The number of aromatic nitrogens is 1. The van der Waals surface area contributed by atoms with E-state index in [4.69, 9.17) is 0 Å². The summed E-state index contributed by atoms with van der Waals surface area (Å²) >= 11 is 0. The second-order valence-corrected chi connectivity index (χ2v) is 7.37. The van der Waals surface area contributed by atoms with E-state index >= 15 is 0 Å². The summed E-state index contributed by atoms with van der Waals surface area (Å²) in [4.78, 5) is 12.6. The highest BCUT2D eigenvalue weighted by Gasteiger charge is 2.23. The van der Waals surface area contributed by atoms with E-state index in [1.807, 2.05) is 13.0 Å². The van der Waals surface area contributed by atoms with Gasteiger partial charge in [-0.2, -0.15) is 0 Å². The highest BCUT2D eigenvalue weighted by molar-refractivity contribution is 7.91. The van der Waals surface area contributed by atoms with E-state index in [2.05, 4.69) is 0 Å². The van der Waals surface area contributed by atoms with Crippen LogP contribution in [0.2, 0.25) is 0 Å². The fourth-order valence-corrected chi connectivity index (χ4v) is 4.03. The largest absolute Gasteiger partial charge is 0.349 e. The number of pyridine rings is 1. The SMILES string of the molecule is CCc1ccc(S(=O)(=O)c2cn(C)c3ccccc3c2=O)cc1. The zero-order chi connectivity index (χ0) is 16.6. The van der Waals surface area contributed by atoms with Crippen molar-refractivity contribution in [2.45, 2.75) is 23.1 Å². The van der Waals surface area contributed by atoms with E-state index in [0.717, 1.165) is 12.0 Å². The Kier molecular flexibility index (Phi) is 3.82. The van der Waals surface area contributed by atoms with Crippen LogP contribution in [0, 0.1) is 0 Å². The molecule has 2 aromatic carbocycles. The van der Waals surface area contributed by atoms with Gasteiger partial charge in [-0.05, 0) is 36.2 Å². The molecule has 0 atom stereocenters. The van der Waals surface area contributed by atoms with Crippen molar-refractivity contribution in [2.24, 2.45) is 7.05 Å². The molecule has 0 fully saturated rings. The Morgan fingerprint density at radius 1 is 1.00 bits per heavy atom. The van der Waals surface area contributed by atoms with Gasteiger partial charge in [-0.1, -0.05) is 31.2 Å². The van der Waals surface area contributed by atoms with Crippen molar-refractivity contribution in [3.8, 4) is 0 Å². The van der Waals surface area contributed by atoms with Gasteiger partial charge >= 0.3 is 0 Å². The molecule has 0 unspecified atom stereocenters. The third kappa shape index (κ3) is 2.57. The Morgan fingerprint density at radius 2 is 1.65 bits per heavy atom. The Balaban J connectivity index is 2.26. The van der Waals surface area contributed by atoms with Crippen molar-refractivity contribution in [1.29, 1.82) is 0 Å². The average Bonchev–Trinajstić information content (AvgIpc) is 2.58. The molecule has 5 heteroatoms. The van der Waals surface area contributed by atoms with E-state index in [0.29, 0.717) is 10.9 Å². The summed E-state index contributed by atoms with van der Waals surface area (Å²) in [5, 5.41) is 0.404. The van der Waals surface area contributed by atoms with Crippen LogP contribution >= 0.6 is 0 Å². The molecule has 3 aromatic rings. The van der Waals surface area contributed by atoms with Gasteiger partial charge in [0.05, 0.1) is 10.4 Å². The van der Waals surface area contributed by atoms with Gasteiger partial charge in [0.15, 0.2) is 0 Å². The van der Waals surface area contributed by atoms with Gasteiger partial charge in [0.2, 0.25) is 15.3 Å². The number of aryl methyl sites for hydroxylation is 2. The molecule has 0 radical (unpaired) electrons. The van der Waals surface area contributed by atoms with Crippen LogP contribution in [0.3, 0.4) is 0 Å². The predicted octanol–water partition coefficient (Wildman–Crippen LogP) is 2.93. The van der Waals surface area contributed by atoms with Crippen LogP contribution in [-0.2, 0) is 23.3 Å². The molecular formula is C18H17NO3S. The molecule has 1 aromatic heterocycles. The first kappa shape index (κ1) is 15.5. The van der Waals surface area contributed by atoms with Crippen LogP contribution in [-0.4, -0.2) is 13.0 Å². The highest BCUT2D eigenvalue weighted by Crippen LogP contribution is 2.21. The number of hydrogen-bond donors (Lipinski definition) is 0. The Hall–Kier alpha value is -2.40. The third-order valence-corrected chi connectivity index (χ3v) is 5.76. The van der Waals surface area contributed by atoms with Crippen molar-refractivity contribution < 1.29 is 8.42 Å². The molecule has 0 N–H and O–H groups in total. The Morgan fingerprint density at radius 3 is 2.30 bits per heavy atom. The van der Waals surface area contributed by atoms with E-state index in [9.17, 15) is 13.2 Å². The summed E-state index contributed by atoms with van der Waals surface area (Å²) in [6.07, 6.45) is 2.23. The fraction of sp³-hybridized carbons (Fsp3) is 0.167. The molecule has 23 heavy (non-hydrogen) atoms. The number of nitrogens with zero attached hydrogens (tertiary/aromatic N) is 1. The van der Waals surface area contributed by atoms with Gasteiger partial charge in [0, 0.05) is 18.6 Å². The normalized spacial score (nSPS) is 11.7. The van der Waals surface area contributed by atoms with Gasteiger partial charge in [0.25, 0.3) is 0 Å². The maximum atomic E-state index is 12.8. The first-order valence-corrected chi connectivity index (χ1v) is 8.86. The van der Waals surface area contributed by atoms with Crippen molar-refractivity contribution in [3.05, 3.63) is 70.5 Å². The average molecular weight is 327 g/mol. The second kappa shape index (κ2) is 5.66. The summed E-state index contributed by atoms with van der Waals surface area (Å²) < 4.78 is 27.3. The maximum absolute atomic E-state index is 12.8. The summed E-state index contributed by atoms with van der Waals surface area (Å²) in [5.74, 6) is 0. The lowest BCUT2D eigenvalue weighted by Crippen LogP contribution is -2.18. The molecule has 1 heterocycles. The Labute approximate surface area is 134 Å². The number of hydrogen-bond acceptors (Lipinski definition) is 3. The molecule has 0 saturated heterocycles. The lowest BCUT2D eigenvalue weighted by molar-refractivity contribution is 0.594. The van der Waals surface area contributed by atoms with Crippen LogP contribution < -0.4 is 5.43 Å². The minimum Gasteiger partial charge on any atom is -0.349 e. The summed E-state index contributed by atoms with van der Waals surface area (Å²) in [7, 11) is -2.10. The van der Waals surface area contributed by atoms with Gasteiger partial charge in [-0.15, -0.1) is 0 Å². The molecule has 4 nitrogen and oxygen atoms in total. The Bertz CT molecular complexity index is 1030. The second-order valence-electron chi connectivity index (χ2n) is 5.45. The van der Waals surface area contributed by atoms with Gasteiger partial charge in [0.1, 0.15) is 4.90 Å². The zero-order valence-corrected chi connectivity index (χ0v) is 13.8. The summed E-state index contributed by atoms with van der Waals surface area (Å²) in [6, 6.07) is 13.7. The van der Waals surface area contributed by atoms with Crippen molar-refractivity contribution in [3.63, 3.8) is 0 Å². The molecule has 118 valence electrons. The van der Waals surface area contributed by atoms with E-state index in [-0.39, 0.29) is 9.79 Å². The quantitative estimate of drug-likeness (QED) is 0.743. The minimum absolute atomic E-state index is 0.141. The lowest BCUT2D eigenvalue weighted by Gasteiger charge is -2.10. The van der Waals surface area contributed by atoms with Crippen LogP contribution in [0.1, 0.15) is 12.5 Å². The number of sulfone groups is 1. The van der Waals surface area contributed by atoms with E-state index in [1.165, 1.54) is 6.20 Å². The summed E-state index contributed by atoms with van der Waals surface area (Å²) in [6.45, 7) is 2.00. The summed E-state index contributed by atoms with van der Waals surface area (Å²) in [5.41, 5.74) is 1.30. The van der Waals surface area contributed by atoms with Crippen molar-refractivity contribution in [1.82, 2.24) is 4.57 Å². The molecule has 0 aliphatic rings. The van der Waals surface area contributed by atoms with E-state index < -0.39 is 15.3 Å². The first-order chi connectivity index (χ1) is 10.9. The number of para-hydroxylation sites is 1. The van der Waals surface area contributed by atoms with Crippen LogP contribution in [0.4, 0.5) is 0 Å². The number of fused-ring (bicyclic) bond motifs is 1. The zero-order valence-electron chi connectivity index (χ0n) is 13.0. The highest BCUT2D eigenvalue weighted by atomic mass is 32.2. The van der Waals surface area contributed by atoms with Gasteiger partial charge in [-0.25, -0.2) is 8.42 Å². The van der Waals surface area contributed by atoms with Crippen LogP contribution in [0.5, 0.6) is 0 Å². The van der Waals surface area contributed by atoms with Crippen LogP contribution in [0.15, 0.2) is 69.3 Å². The molecule has 0 amide bonds. The number of rotatable bonds is 3. The monoisotopic (exact) mass is 327 g/mol. The van der Waals surface area contributed by atoms with Crippen molar-refractivity contribution >= 4 is 20.7 Å². The van der Waals surface area contributed by atoms with Crippen LogP contribution in [0.25, 0.3) is 10.9 Å². The first-order valence-electron chi connectivity index (χ1n) is 7.37. The number of benzene rings is 2. The molecule has 0 saturated carbocycles. The predicted molar refractivity (Wildman–Crippen MR) is 90.5 cm³/mol. The molecule has 0 aliphatic carbocycles. The standard InChI is InChI=1S/C18H17NO3S/c1-3-13-8-10-14(11-9-13)23(21,22)17-12-19(2)16-7-5-4-6-15(16)18(17)20/h4-12H,3H2,1-2H3. The smallest absolute Gasteiger partial charge is 0.211 e. The molecule has 0 aliphatic heterocycles. The molecule has 3 rings (SSSR count). The van der Waals surface area contributed by atoms with E-state index in [1.54, 1.807) is 54.1 Å².